The van der Waals surface area contributed by atoms with E-state index in [1.807, 2.05) is 0 Å². The van der Waals surface area contributed by atoms with Crippen LogP contribution in [-0.2, 0) is 19.2 Å². The molecule has 2 aliphatic heterocycles. The second kappa shape index (κ2) is 9.40. The predicted octanol–water partition coefficient (Wildman–Crippen LogP) is 0.567. The Morgan fingerprint density at radius 2 is 1.17 bits per heavy atom. The van der Waals surface area contributed by atoms with Crippen LogP contribution >= 0.6 is 48.8 Å². The number of nitrogens with zero attached hydrogens (tertiary/aromatic N) is 2. The summed E-state index contributed by atoms with van der Waals surface area (Å²) in [6.45, 7) is 0.161. The van der Waals surface area contributed by atoms with Gasteiger partial charge in [-0.25, -0.2) is 0 Å². The first kappa shape index (κ1) is 20.0. The van der Waals surface area contributed by atoms with Crippen LogP contribution in [0.5, 0.6) is 0 Å². The molecule has 0 spiro atoms. The summed E-state index contributed by atoms with van der Waals surface area (Å²) in [6.07, 6.45) is 0.360. The first-order valence-corrected chi connectivity index (χ1v) is 11.0. The van der Waals surface area contributed by atoms with Crippen LogP contribution in [0.1, 0.15) is 12.8 Å². The number of carbonyl (C=O) groups excluding carboxylic acids is 4. The fourth-order valence-electron chi connectivity index (χ4n) is 2.63. The van der Waals surface area contributed by atoms with E-state index in [1.54, 1.807) is 0 Å². The van der Waals surface area contributed by atoms with E-state index in [-0.39, 0.29) is 60.1 Å². The third-order valence-corrected chi connectivity index (χ3v) is 7.25. The Balaban J connectivity index is 1.88. The zero-order valence-corrected chi connectivity index (χ0v) is 16.5. The average Bonchev–Trinajstić information content (AvgIpc) is 2.98. The smallest absolute Gasteiger partial charge is 0.242 e. The summed E-state index contributed by atoms with van der Waals surface area (Å²) in [6, 6.07) is 0. The molecule has 0 N–H and O–H groups in total. The monoisotopic (exact) mass is 408 g/mol. The lowest BCUT2D eigenvalue weighted by molar-refractivity contribution is -0.143. The maximum Gasteiger partial charge on any atom is 0.242 e. The Bertz CT molecular complexity index is 485. The fraction of sp³-hybridized carbons (Fsp3) is 0.714. The minimum absolute atomic E-state index is 0.0804. The molecule has 0 saturated carbocycles. The van der Waals surface area contributed by atoms with Gasteiger partial charge in [-0.15, -0.1) is 23.5 Å². The van der Waals surface area contributed by atoms with Gasteiger partial charge in [0, 0.05) is 37.4 Å². The van der Waals surface area contributed by atoms with E-state index in [9.17, 15) is 19.2 Å². The van der Waals surface area contributed by atoms with E-state index in [0.717, 1.165) is 0 Å². The third-order valence-electron chi connectivity index (χ3n) is 3.77. The van der Waals surface area contributed by atoms with E-state index >= 15 is 0 Å². The summed E-state index contributed by atoms with van der Waals surface area (Å²) in [5.41, 5.74) is 0. The molecule has 2 saturated heterocycles. The van der Waals surface area contributed by atoms with Crippen LogP contribution in [0.3, 0.4) is 0 Å². The Morgan fingerprint density at radius 3 is 1.50 bits per heavy atom. The summed E-state index contributed by atoms with van der Waals surface area (Å²) >= 11 is 11.0. The molecule has 6 nitrogen and oxygen atoms in total. The van der Waals surface area contributed by atoms with Gasteiger partial charge in [0.15, 0.2) is 0 Å². The van der Waals surface area contributed by atoms with Crippen molar-refractivity contribution < 1.29 is 19.2 Å². The Morgan fingerprint density at radius 1 is 0.792 bits per heavy atom. The summed E-state index contributed by atoms with van der Waals surface area (Å²) in [5.74, 6) is 1.75. The molecule has 0 aromatic carbocycles. The second-order valence-corrected chi connectivity index (χ2v) is 8.86. The predicted molar refractivity (Wildman–Crippen MR) is 103 cm³/mol. The zero-order valence-electron chi connectivity index (χ0n) is 13.0. The van der Waals surface area contributed by atoms with Crippen LogP contribution in [0.2, 0.25) is 0 Å². The van der Waals surface area contributed by atoms with Gasteiger partial charge in [0.1, 0.15) is 0 Å². The summed E-state index contributed by atoms with van der Waals surface area (Å²) in [5, 5.41) is -0.735. The van der Waals surface area contributed by atoms with Crippen molar-refractivity contribution in [3.05, 3.63) is 0 Å². The van der Waals surface area contributed by atoms with Crippen LogP contribution in [0.4, 0.5) is 0 Å². The van der Waals surface area contributed by atoms with Crippen molar-refractivity contribution in [3.8, 4) is 0 Å². The minimum atomic E-state index is -0.367. The quantitative estimate of drug-likeness (QED) is 0.429. The van der Waals surface area contributed by atoms with Gasteiger partial charge in [0.25, 0.3) is 0 Å². The maximum atomic E-state index is 12.3. The number of rotatable bonds is 9. The molecule has 134 valence electrons. The van der Waals surface area contributed by atoms with Gasteiger partial charge in [-0.3, -0.25) is 29.0 Å². The molecule has 2 unspecified atom stereocenters. The van der Waals surface area contributed by atoms with E-state index in [2.05, 4.69) is 25.3 Å². The standard InChI is InChI=1S/C14H20N2O4S4/c17-11-7-9(23-5-3-21)13(19)15(11)1-2-16-12(18)8-10(14(16)20)24-6-4-22/h9-10,21-22H,1-8H2. The van der Waals surface area contributed by atoms with Crippen molar-refractivity contribution in [1.29, 1.82) is 0 Å². The number of thioether (sulfide) groups is 2. The molecule has 0 bridgehead atoms. The lowest BCUT2D eigenvalue weighted by atomic mass is 10.4. The molecule has 0 aromatic rings. The largest absolute Gasteiger partial charge is 0.280 e. The molecular weight excluding hydrogens is 388 g/mol. The number of carbonyl (C=O) groups is 4. The van der Waals surface area contributed by atoms with Crippen LogP contribution in [0.25, 0.3) is 0 Å². The summed E-state index contributed by atoms with van der Waals surface area (Å²) in [4.78, 5) is 50.9. The first-order chi connectivity index (χ1) is 11.5. The number of amides is 4. The molecule has 4 amide bonds. The highest BCUT2D eigenvalue weighted by Crippen LogP contribution is 2.27. The highest BCUT2D eigenvalue weighted by atomic mass is 32.2. The first-order valence-electron chi connectivity index (χ1n) is 7.63. The second-order valence-electron chi connectivity index (χ2n) is 5.34. The SMILES string of the molecule is O=C1CC(SCCS)C(=O)N1CCN1C(=O)CC(SCCS)C1=O. The van der Waals surface area contributed by atoms with Crippen molar-refractivity contribution in [2.75, 3.05) is 36.1 Å². The van der Waals surface area contributed by atoms with E-state index in [0.29, 0.717) is 23.0 Å². The molecule has 2 aliphatic rings. The van der Waals surface area contributed by atoms with Gasteiger partial charge in [-0.1, -0.05) is 0 Å². The maximum absolute atomic E-state index is 12.3. The van der Waals surface area contributed by atoms with Crippen molar-refractivity contribution in [2.45, 2.75) is 23.3 Å². The van der Waals surface area contributed by atoms with Gasteiger partial charge in [0.05, 0.1) is 10.5 Å². The number of imide groups is 2. The van der Waals surface area contributed by atoms with Crippen LogP contribution in [0.15, 0.2) is 0 Å². The lowest BCUT2D eigenvalue weighted by Gasteiger charge is -2.19. The normalized spacial score (nSPS) is 24.6. The third kappa shape index (κ3) is 4.64. The van der Waals surface area contributed by atoms with Crippen molar-refractivity contribution >= 4 is 72.4 Å². The zero-order chi connectivity index (χ0) is 17.7. The number of likely N-dealkylation sites (tertiary alicyclic amines) is 2. The molecule has 0 aromatic heterocycles. The molecule has 2 fully saturated rings. The Kier molecular flexibility index (Phi) is 7.83. The molecule has 2 rings (SSSR count). The summed E-state index contributed by atoms with van der Waals surface area (Å²) < 4.78 is 0. The van der Waals surface area contributed by atoms with Gasteiger partial charge in [0.2, 0.25) is 23.6 Å². The van der Waals surface area contributed by atoms with E-state index < -0.39 is 0 Å². The van der Waals surface area contributed by atoms with Gasteiger partial charge >= 0.3 is 0 Å². The molecule has 2 heterocycles. The van der Waals surface area contributed by atoms with E-state index in [4.69, 9.17) is 0 Å². The van der Waals surface area contributed by atoms with Gasteiger partial charge in [-0.2, -0.15) is 25.3 Å². The average molecular weight is 409 g/mol. The Labute approximate surface area is 160 Å². The fourth-order valence-corrected chi connectivity index (χ4v) is 5.10. The molecular formula is C14H20N2O4S4. The number of thiol groups is 2. The molecule has 2 atom stereocenters. The van der Waals surface area contributed by atoms with Crippen LogP contribution in [0, 0.1) is 0 Å². The van der Waals surface area contributed by atoms with Crippen LogP contribution in [-0.4, -0.2) is 80.0 Å². The minimum Gasteiger partial charge on any atom is -0.280 e. The number of hydrogen-bond donors (Lipinski definition) is 2. The van der Waals surface area contributed by atoms with Crippen molar-refractivity contribution in [3.63, 3.8) is 0 Å². The summed E-state index contributed by atoms with van der Waals surface area (Å²) in [7, 11) is 0. The Hall–Kier alpha value is -0.320. The van der Waals surface area contributed by atoms with Crippen molar-refractivity contribution in [2.24, 2.45) is 0 Å². The van der Waals surface area contributed by atoms with E-state index in [1.165, 1.54) is 33.3 Å². The highest BCUT2D eigenvalue weighted by molar-refractivity contribution is 8.01. The highest BCUT2D eigenvalue weighted by Gasteiger charge is 2.42. The lowest BCUT2D eigenvalue weighted by Crippen LogP contribution is -2.41. The molecule has 0 radical (unpaired) electrons. The molecule has 24 heavy (non-hydrogen) atoms. The van der Waals surface area contributed by atoms with Gasteiger partial charge < -0.3 is 0 Å². The molecule has 10 heteroatoms. The van der Waals surface area contributed by atoms with Crippen LogP contribution < -0.4 is 0 Å². The van der Waals surface area contributed by atoms with Crippen molar-refractivity contribution in [1.82, 2.24) is 9.80 Å². The number of hydrogen-bond acceptors (Lipinski definition) is 8. The van der Waals surface area contributed by atoms with Gasteiger partial charge in [-0.05, 0) is 11.5 Å². The topological polar surface area (TPSA) is 74.8 Å². The molecule has 0 aliphatic carbocycles.